The van der Waals surface area contributed by atoms with Crippen LogP contribution in [-0.4, -0.2) is 23.5 Å². The third-order valence-electron chi connectivity index (χ3n) is 2.93. The van der Waals surface area contributed by atoms with Crippen LogP contribution in [-0.2, 0) is 13.0 Å². The Morgan fingerprint density at radius 1 is 1.47 bits per heavy atom. The zero-order chi connectivity index (χ0) is 11.0. The fourth-order valence-corrected chi connectivity index (χ4v) is 2.08. The second kappa shape index (κ2) is 3.52. The molecule has 0 radical (unpaired) electrons. The molecule has 1 aromatic rings. The number of aromatic nitrogens is 1. The molecule has 0 saturated heterocycles. The van der Waals surface area contributed by atoms with Crippen LogP contribution in [0, 0.1) is 18.3 Å². The molecule has 0 fully saturated rings. The molecule has 0 aliphatic carbocycles. The summed E-state index contributed by atoms with van der Waals surface area (Å²) in [5.41, 5.74) is 2.99. The molecule has 2 heterocycles. The van der Waals surface area contributed by atoms with Gasteiger partial charge in [-0.25, -0.2) is 0 Å². The predicted octanol–water partition coefficient (Wildman–Crippen LogP) is 0.543. The number of fused-ring (bicyclic) bond motifs is 1. The normalized spacial score (nSPS) is 15.8. The summed E-state index contributed by atoms with van der Waals surface area (Å²) in [6, 6.07) is 2.00. The Balaban J connectivity index is 2.69. The van der Waals surface area contributed by atoms with E-state index in [4.69, 9.17) is 5.26 Å². The van der Waals surface area contributed by atoms with Crippen molar-refractivity contribution in [3.05, 3.63) is 32.7 Å². The highest BCUT2D eigenvalue weighted by Crippen LogP contribution is 2.20. The summed E-state index contributed by atoms with van der Waals surface area (Å²) in [7, 11) is 2.04. The molecular weight excluding hydrogens is 190 g/mol. The number of H-pyrrole nitrogens is 1. The van der Waals surface area contributed by atoms with Crippen LogP contribution in [0.3, 0.4) is 0 Å². The Morgan fingerprint density at radius 3 is 2.87 bits per heavy atom. The minimum absolute atomic E-state index is 0.252. The van der Waals surface area contributed by atoms with E-state index in [1.54, 1.807) is 0 Å². The van der Waals surface area contributed by atoms with Crippen LogP contribution in [0.4, 0.5) is 0 Å². The molecule has 2 rings (SSSR count). The lowest BCUT2D eigenvalue weighted by atomic mass is 9.95. The lowest BCUT2D eigenvalue weighted by Crippen LogP contribution is -2.31. The Kier molecular flexibility index (Phi) is 2.33. The minimum Gasteiger partial charge on any atom is -0.325 e. The van der Waals surface area contributed by atoms with Gasteiger partial charge in [-0.1, -0.05) is 0 Å². The Labute approximate surface area is 88.1 Å². The topological polar surface area (TPSA) is 59.9 Å². The Hall–Kier alpha value is -1.60. The zero-order valence-corrected chi connectivity index (χ0v) is 8.92. The molecular formula is C11H13N3O. The van der Waals surface area contributed by atoms with Gasteiger partial charge in [0.2, 0.25) is 0 Å². The molecule has 1 aliphatic rings. The van der Waals surface area contributed by atoms with E-state index in [-0.39, 0.29) is 5.56 Å². The number of nitrogens with zero attached hydrogens (tertiary/aromatic N) is 2. The van der Waals surface area contributed by atoms with Crippen molar-refractivity contribution in [2.24, 2.45) is 0 Å². The highest BCUT2D eigenvalue weighted by molar-refractivity contribution is 5.44. The summed E-state index contributed by atoms with van der Waals surface area (Å²) in [4.78, 5) is 16.5. The SMILES string of the molecule is Cc1[nH]c(=O)c(C#N)c2c1CN(C)CC2. The average molecular weight is 203 g/mol. The van der Waals surface area contributed by atoms with Crippen LogP contribution < -0.4 is 5.56 Å². The Morgan fingerprint density at radius 2 is 2.20 bits per heavy atom. The maximum Gasteiger partial charge on any atom is 0.266 e. The molecule has 1 aliphatic heterocycles. The maximum absolute atomic E-state index is 11.5. The van der Waals surface area contributed by atoms with E-state index >= 15 is 0 Å². The predicted molar refractivity (Wildman–Crippen MR) is 56.6 cm³/mol. The van der Waals surface area contributed by atoms with Crippen molar-refractivity contribution in [3.63, 3.8) is 0 Å². The van der Waals surface area contributed by atoms with Gasteiger partial charge in [-0.05, 0) is 31.5 Å². The van der Waals surface area contributed by atoms with Crippen LogP contribution in [0.1, 0.15) is 22.4 Å². The van der Waals surface area contributed by atoms with Gasteiger partial charge in [-0.2, -0.15) is 5.26 Å². The van der Waals surface area contributed by atoms with Crippen molar-refractivity contribution in [1.29, 1.82) is 5.26 Å². The zero-order valence-electron chi connectivity index (χ0n) is 8.92. The number of rotatable bonds is 0. The van der Waals surface area contributed by atoms with E-state index in [9.17, 15) is 4.79 Å². The number of hydrogen-bond acceptors (Lipinski definition) is 3. The van der Waals surface area contributed by atoms with Crippen molar-refractivity contribution in [2.45, 2.75) is 19.9 Å². The first-order chi connectivity index (χ1) is 7.13. The highest BCUT2D eigenvalue weighted by Gasteiger charge is 2.20. The molecule has 78 valence electrons. The van der Waals surface area contributed by atoms with E-state index in [1.807, 2.05) is 20.0 Å². The molecule has 1 N–H and O–H groups in total. The smallest absolute Gasteiger partial charge is 0.266 e. The van der Waals surface area contributed by atoms with Crippen LogP contribution in [0.5, 0.6) is 0 Å². The molecule has 1 aromatic heterocycles. The first kappa shape index (κ1) is 9.94. The highest BCUT2D eigenvalue weighted by atomic mass is 16.1. The summed E-state index contributed by atoms with van der Waals surface area (Å²) in [6.07, 6.45) is 0.791. The van der Waals surface area contributed by atoms with Crippen molar-refractivity contribution in [2.75, 3.05) is 13.6 Å². The molecule has 0 atom stereocenters. The Bertz CT molecular complexity index is 496. The second-order valence-corrected chi connectivity index (χ2v) is 4.01. The maximum atomic E-state index is 11.5. The van der Waals surface area contributed by atoms with E-state index in [2.05, 4.69) is 9.88 Å². The number of aromatic amines is 1. The van der Waals surface area contributed by atoms with Gasteiger partial charge in [-0.3, -0.25) is 4.79 Å². The summed E-state index contributed by atoms with van der Waals surface area (Å²) in [6.45, 7) is 3.61. The quantitative estimate of drug-likeness (QED) is 0.669. The molecule has 15 heavy (non-hydrogen) atoms. The van der Waals surface area contributed by atoms with E-state index in [0.29, 0.717) is 5.56 Å². The largest absolute Gasteiger partial charge is 0.325 e. The second-order valence-electron chi connectivity index (χ2n) is 4.01. The first-order valence-electron chi connectivity index (χ1n) is 4.96. The fraction of sp³-hybridized carbons (Fsp3) is 0.455. The van der Waals surface area contributed by atoms with Gasteiger partial charge in [0, 0.05) is 18.8 Å². The molecule has 4 nitrogen and oxygen atoms in total. The van der Waals surface area contributed by atoms with Gasteiger partial charge < -0.3 is 9.88 Å². The van der Waals surface area contributed by atoms with Gasteiger partial charge in [0.25, 0.3) is 5.56 Å². The molecule has 0 spiro atoms. The number of aryl methyl sites for hydroxylation is 1. The van der Waals surface area contributed by atoms with E-state index in [0.717, 1.165) is 36.3 Å². The van der Waals surface area contributed by atoms with Gasteiger partial charge in [0.1, 0.15) is 11.6 Å². The number of pyridine rings is 1. The summed E-state index contributed by atoms with van der Waals surface area (Å²) in [5.74, 6) is 0. The van der Waals surface area contributed by atoms with Gasteiger partial charge in [-0.15, -0.1) is 0 Å². The van der Waals surface area contributed by atoms with Gasteiger partial charge in [0.15, 0.2) is 0 Å². The summed E-state index contributed by atoms with van der Waals surface area (Å²) >= 11 is 0. The summed E-state index contributed by atoms with van der Waals surface area (Å²) in [5, 5.41) is 8.95. The van der Waals surface area contributed by atoms with Crippen LogP contribution in [0.15, 0.2) is 4.79 Å². The molecule has 4 heteroatoms. The standard InChI is InChI=1S/C11H13N3O/c1-7-10-6-14(2)4-3-8(10)9(5-12)11(15)13-7/h3-4,6H2,1-2H3,(H,13,15). The monoisotopic (exact) mass is 203 g/mol. The number of nitriles is 1. The summed E-state index contributed by atoms with van der Waals surface area (Å²) < 4.78 is 0. The van der Waals surface area contributed by atoms with Crippen molar-refractivity contribution >= 4 is 0 Å². The van der Waals surface area contributed by atoms with E-state index in [1.165, 1.54) is 0 Å². The lowest BCUT2D eigenvalue weighted by molar-refractivity contribution is 0.311. The van der Waals surface area contributed by atoms with Crippen LogP contribution >= 0.6 is 0 Å². The fourth-order valence-electron chi connectivity index (χ4n) is 2.08. The van der Waals surface area contributed by atoms with Crippen LogP contribution in [0.2, 0.25) is 0 Å². The van der Waals surface area contributed by atoms with Crippen molar-refractivity contribution < 1.29 is 0 Å². The minimum atomic E-state index is -0.252. The molecule has 0 saturated carbocycles. The third-order valence-corrected chi connectivity index (χ3v) is 2.93. The first-order valence-corrected chi connectivity index (χ1v) is 4.96. The number of nitrogens with one attached hydrogen (secondary N) is 1. The van der Waals surface area contributed by atoms with E-state index < -0.39 is 0 Å². The van der Waals surface area contributed by atoms with Crippen molar-refractivity contribution in [1.82, 2.24) is 9.88 Å². The molecule has 0 amide bonds. The van der Waals surface area contributed by atoms with Gasteiger partial charge in [0.05, 0.1) is 0 Å². The molecule has 0 bridgehead atoms. The number of likely N-dealkylation sites (N-methyl/N-ethyl adjacent to an activating group) is 1. The molecule has 0 unspecified atom stereocenters. The molecule has 0 aromatic carbocycles. The lowest BCUT2D eigenvalue weighted by Gasteiger charge is -2.26. The van der Waals surface area contributed by atoms with Gasteiger partial charge >= 0.3 is 0 Å². The number of hydrogen-bond donors (Lipinski definition) is 1. The van der Waals surface area contributed by atoms with Crippen molar-refractivity contribution in [3.8, 4) is 6.07 Å². The van der Waals surface area contributed by atoms with Crippen LogP contribution in [0.25, 0.3) is 0 Å². The average Bonchev–Trinajstić information content (AvgIpc) is 2.19. The third kappa shape index (κ3) is 1.55.